The fourth-order valence-electron chi connectivity index (χ4n) is 3.50. The molecule has 1 amide bonds. The molecule has 124 valence electrons. The van der Waals surface area contributed by atoms with Gasteiger partial charge in [-0.2, -0.15) is 0 Å². The third kappa shape index (κ3) is 3.23. The second-order valence-electron chi connectivity index (χ2n) is 6.37. The molecule has 3 atom stereocenters. The molecule has 2 N–H and O–H groups in total. The summed E-state index contributed by atoms with van der Waals surface area (Å²) in [5.74, 6) is 1.71. The molecule has 24 heavy (non-hydrogen) atoms. The Labute approximate surface area is 145 Å². The van der Waals surface area contributed by atoms with E-state index in [1.807, 2.05) is 0 Å². The molecule has 1 aliphatic carbocycles. The van der Waals surface area contributed by atoms with Crippen LogP contribution in [-0.4, -0.2) is 29.5 Å². The van der Waals surface area contributed by atoms with Crippen LogP contribution < -0.4 is 15.4 Å². The highest BCUT2D eigenvalue weighted by molar-refractivity contribution is 6.30. The zero-order valence-corrected chi connectivity index (χ0v) is 13.8. The monoisotopic (exact) mass is 343 g/mol. The average Bonchev–Trinajstić information content (AvgIpc) is 3.18. The maximum absolute atomic E-state index is 12.4. The molecule has 2 fully saturated rings. The third-order valence-corrected chi connectivity index (χ3v) is 4.92. The minimum atomic E-state index is -0.0400. The standard InChI is InChI=1S/C18H18ClN3O2/c19-13-5-6-20-17(9-13)24-14-3-1-12(2-4-14)18(23)22-16-8-11-7-15(16)21-10-11/h1-6,9,11,15-16,21H,7-8,10H2,(H,22,23). The van der Waals surface area contributed by atoms with Gasteiger partial charge < -0.3 is 15.4 Å². The Morgan fingerprint density at radius 3 is 2.75 bits per heavy atom. The van der Waals surface area contributed by atoms with Crippen LogP contribution in [0.5, 0.6) is 11.6 Å². The number of rotatable bonds is 4. The van der Waals surface area contributed by atoms with Crippen molar-refractivity contribution in [1.82, 2.24) is 15.6 Å². The van der Waals surface area contributed by atoms with Gasteiger partial charge in [0.1, 0.15) is 5.75 Å². The van der Waals surface area contributed by atoms with Gasteiger partial charge in [0.25, 0.3) is 5.91 Å². The summed E-state index contributed by atoms with van der Waals surface area (Å²) in [6.45, 7) is 1.08. The molecule has 3 unspecified atom stereocenters. The van der Waals surface area contributed by atoms with Gasteiger partial charge in [0, 0.05) is 34.9 Å². The summed E-state index contributed by atoms with van der Waals surface area (Å²) in [6, 6.07) is 11.0. The van der Waals surface area contributed by atoms with Crippen LogP contribution in [0.2, 0.25) is 5.02 Å². The van der Waals surface area contributed by atoms with E-state index in [9.17, 15) is 4.79 Å². The molecule has 1 saturated carbocycles. The number of carbonyl (C=O) groups is 1. The Kier molecular flexibility index (Phi) is 4.12. The number of nitrogens with zero attached hydrogens (tertiary/aromatic N) is 1. The number of carbonyl (C=O) groups excluding carboxylic acids is 1. The summed E-state index contributed by atoms with van der Waals surface area (Å²) in [5, 5.41) is 7.15. The molecule has 5 nitrogen and oxygen atoms in total. The van der Waals surface area contributed by atoms with Gasteiger partial charge in [-0.25, -0.2) is 4.98 Å². The van der Waals surface area contributed by atoms with Gasteiger partial charge in [-0.15, -0.1) is 0 Å². The summed E-state index contributed by atoms with van der Waals surface area (Å²) >= 11 is 5.91. The van der Waals surface area contributed by atoms with E-state index in [1.54, 1.807) is 42.6 Å². The summed E-state index contributed by atoms with van der Waals surface area (Å²) in [6.07, 6.45) is 3.83. The fraction of sp³-hybridized carbons (Fsp3) is 0.333. The predicted molar refractivity (Wildman–Crippen MR) is 91.5 cm³/mol. The third-order valence-electron chi connectivity index (χ3n) is 4.68. The number of pyridine rings is 1. The minimum absolute atomic E-state index is 0.0400. The number of hydrogen-bond donors (Lipinski definition) is 2. The van der Waals surface area contributed by atoms with Crippen molar-refractivity contribution < 1.29 is 9.53 Å². The van der Waals surface area contributed by atoms with Crippen molar-refractivity contribution in [3.63, 3.8) is 0 Å². The number of halogens is 1. The maximum atomic E-state index is 12.4. The van der Waals surface area contributed by atoms with Crippen molar-refractivity contribution in [2.24, 2.45) is 5.92 Å². The average molecular weight is 344 g/mol. The van der Waals surface area contributed by atoms with Crippen molar-refractivity contribution in [2.45, 2.75) is 24.9 Å². The number of amides is 1. The molecule has 1 aromatic carbocycles. The highest BCUT2D eigenvalue weighted by Gasteiger charge is 2.39. The number of piperidine rings is 1. The summed E-state index contributed by atoms with van der Waals surface area (Å²) in [7, 11) is 0. The first kappa shape index (κ1) is 15.4. The number of ether oxygens (including phenoxy) is 1. The fourth-order valence-corrected chi connectivity index (χ4v) is 3.65. The predicted octanol–water partition coefficient (Wildman–Crippen LogP) is 3.01. The molecular formula is C18H18ClN3O2. The molecular weight excluding hydrogens is 326 g/mol. The summed E-state index contributed by atoms with van der Waals surface area (Å²) in [4.78, 5) is 16.5. The zero-order valence-electron chi connectivity index (χ0n) is 13.0. The van der Waals surface area contributed by atoms with Crippen LogP contribution in [0, 0.1) is 5.92 Å². The lowest BCUT2D eigenvalue weighted by molar-refractivity contribution is 0.0928. The van der Waals surface area contributed by atoms with Gasteiger partial charge in [0.2, 0.25) is 5.88 Å². The first-order valence-corrected chi connectivity index (χ1v) is 8.49. The molecule has 1 aliphatic heterocycles. The van der Waals surface area contributed by atoms with Crippen molar-refractivity contribution >= 4 is 17.5 Å². The van der Waals surface area contributed by atoms with Crippen LogP contribution in [0.3, 0.4) is 0 Å². The van der Waals surface area contributed by atoms with E-state index in [4.69, 9.17) is 16.3 Å². The Balaban J connectivity index is 1.39. The Bertz CT molecular complexity index is 750. The van der Waals surface area contributed by atoms with Crippen LogP contribution in [0.15, 0.2) is 42.6 Å². The zero-order chi connectivity index (χ0) is 16.5. The molecule has 0 radical (unpaired) electrons. The number of hydrogen-bond acceptors (Lipinski definition) is 4. The van der Waals surface area contributed by atoms with Crippen LogP contribution in [0.4, 0.5) is 0 Å². The molecule has 4 rings (SSSR count). The Morgan fingerprint density at radius 1 is 1.25 bits per heavy atom. The van der Waals surface area contributed by atoms with E-state index in [0.717, 1.165) is 13.0 Å². The van der Waals surface area contributed by atoms with Gasteiger partial charge >= 0.3 is 0 Å². The number of fused-ring (bicyclic) bond motifs is 2. The van der Waals surface area contributed by atoms with Gasteiger partial charge in [-0.3, -0.25) is 4.79 Å². The summed E-state index contributed by atoms with van der Waals surface area (Å²) in [5.41, 5.74) is 0.629. The molecule has 2 aliphatic rings. The van der Waals surface area contributed by atoms with E-state index in [2.05, 4.69) is 15.6 Å². The van der Waals surface area contributed by atoms with E-state index < -0.39 is 0 Å². The molecule has 2 heterocycles. The molecule has 1 saturated heterocycles. The van der Waals surface area contributed by atoms with Crippen LogP contribution in [0.25, 0.3) is 0 Å². The molecule has 2 aromatic rings. The second-order valence-corrected chi connectivity index (χ2v) is 6.81. The number of benzene rings is 1. The Morgan fingerprint density at radius 2 is 2.08 bits per heavy atom. The molecule has 6 heteroatoms. The number of aromatic nitrogens is 1. The van der Waals surface area contributed by atoms with E-state index in [1.165, 1.54) is 6.42 Å². The van der Waals surface area contributed by atoms with Crippen molar-refractivity contribution in [3.8, 4) is 11.6 Å². The van der Waals surface area contributed by atoms with Gasteiger partial charge in [-0.05, 0) is 55.6 Å². The largest absolute Gasteiger partial charge is 0.439 e. The molecule has 2 bridgehead atoms. The SMILES string of the molecule is O=C(NC1CC2CNC1C2)c1ccc(Oc2cc(Cl)ccn2)cc1. The van der Waals surface area contributed by atoms with E-state index in [-0.39, 0.29) is 11.9 Å². The highest BCUT2D eigenvalue weighted by Crippen LogP contribution is 2.31. The van der Waals surface area contributed by atoms with Crippen LogP contribution >= 0.6 is 11.6 Å². The van der Waals surface area contributed by atoms with Crippen LogP contribution in [-0.2, 0) is 0 Å². The maximum Gasteiger partial charge on any atom is 0.251 e. The van der Waals surface area contributed by atoms with Crippen molar-refractivity contribution in [1.29, 1.82) is 0 Å². The quantitative estimate of drug-likeness (QED) is 0.895. The minimum Gasteiger partial charge on any atom is -0.439 e. The second kappa shape index (κ2) is 6.42. The number of nitrogens with one attached hydrogen (secondary N) is 2. The molecule has 1 aromatic heterocycles. The van der Waals surface area contributed by atoms with Crippen LogP contribution in [0.1, 0.15) is 23.2 Å². The van der Waals surface area contributed by atoms with Gasteiger partial charge in [-0.1, -0.05) is 11.6 Å². The Hall–Kier alpha value is -2.11. The van der Waals surface area contributed by atoms with Gasteiger partial charge in [0.05, 0.1) is 0 Å². The van der Waals surface area contributed by atoms with E-state index in [0.29, 0.717) is 34.2 Å². The smallest absolute Gasteiger partial charge is 0.251 e. The lowest BCUT2D eigenvalue weighted by atomic mass is 10.1. The first-order chi connectivity index (χ1) is 11.7. The van der Waals surface area contributed by atoms with E-state index >= 15 is 0 Å². The lowest BCUT2D eigenvalue weighted by Gasteiger charge is -2.24. The van der Waals surface area contributed by atoms with Crippen molar-refractivity contribution in [2.75, 3.05) is 6.54 Å². The van der Waals surface area contributed by atoms with Crippen molar-refractivity contribution in [3.05, 3.63) is 53.2 Å². The topological polar surface area (TPSA) is 63.2 Å². The highest BCUT2D eigenvalue weighted by atomic mass is 35.5. The molecule has 0 spiro atoms. The van der Waals surface area contributed by atoms with Gasteiger partial charge in [0.15, 0.2) is 0 Å². The lowest BCUT2D eigenvalue weighted by Crippen LogP contribution is -2.47. The summed E-state index contributed by atoms with van der Waals surface area (Å²) < 4.78 is 5.63. The normalized spacial score (nSPS) is 24.8. The first-order valence-electron chi connectivity index (χ1n) is 8.11.